The molecule has 4 heteroatoms. The van der Waals surface area contributed by atoms with Crippen molar-refractivity contribution in [3.8, 4) is 0 Å². The highest BCUT2D eigenvalue weighted by atomic mass is 19.4. The van der Waals surface area contributed by atoms with Crippen LogP contribution in [0, 0.1) is 12.8 Å². The van der Waals surface area contributed by atoms with Gasteiger partial charge in [-0.25, -0.2) is 0 Å². The number of allylic oxidation sites excluding steroid dienone is 1. The minimum Gasteiger partial charge on any atom is -0.258 e. The second-order valence-corrected chi connectivity index (χ2v) is 5.75. The molecule has 0 saturated carbocycles. The van der Waals surface area contributed by atoms with Gasteiger partial charge in [-0.1, -0.05) is 42.8 Å². The van der Waals surface area contributed by atoms with E-state index in [1.807, 2.05) is 31.2 Å². The summed E-state index contributed by atoms with van der Waals surface area (Å²) in [5, 5.41) is 0. The van der Waals surface area contributed by atoms with E-state index in [2.05, 4.69) is 18.0 Å². The standard InChI is InChI=1S/C17H20F3N/c1-12-5-7-14(8-6-12)16-11-13(2)10-15(21-16)4-3-9-17(18,19)20/h5-8,11,13H,3-4,9-10H2,1-2H3. The Morgan fingerprint density at radius 1 is 1.19 bits per heavy atom. The molecular weight excluding hydrogens is 275 g/mol. The summed E-state index contributed by atoms with van der Waals surface area (Å²) in [6, 6.07) is 8.06. The number of hydrogen-bond donors (Lipinski definition) is 0. The average Bonchev–Trinajstić information content (AvgIpc) is 2.37. The van der Waals surface area contributed by atoms with E-state index >= 15 is 0 Å². The van der Waals surface area contributed by atoms with Crippen LogP contribution in [0.3, 0.4) is 0 Å². The predicted molar refractivity (Wildman–Crippen MR) is 80.3 cm³/mol. The molecule has 0 bridgehead atoms. The van der Waals surface area contributed by atoms with Gasteiger partial charge < -0.3 is 0 Å². The van der Waals surface area contributed by atoms with E-state index in [1.54, 1.807) is 0 Å². The molecule has 1 unspecified atom stereocenters. The molecule has 1 aromatic carbocycles. The second kappa shape index (κ2) is 6.46. The van der Waals surface area contributed by atoms with Gasteiger partial charge in [0.05, 0.1) is 5.70 Å². The van der Waals surface area contributed by atoms with Crippen LogP contribution in [0.1, 0.15) is 43.7 Å². The Bertz CT molecular complexity index is 538. The molecule has 1 aliphatic rings. The lowest BCUT2D eigenvalue weighted by Crippen LogP contribution is -2.12. The maximum absolute atomic E-state index is 12.2. The van der Waals surface area contributed by atoms with E-state index in [9.17, 15) is 13.2 Å². The molecule has 1 nitrogen and oxygen atoms in total. The molecule has 0 fully saturated rings. The van der Waals surface area contributed by atoms with Crippen LogP contribution in [0.5, 0.6) is 0 Å². The summed E-state index contributed by atoms with van der Waals surface area (Å²) >= 11 is 0. The molecule has 1 aromatic rings. The van der Waals surface area contributed by atoms with Crippen LogP contribution in [0.2, 0.25) is 0 Å². The van der Waals surface area contributed by atoms with E-state index in [0.717, 1.165) is 23.4 Å². The van der Waals surface area contributed by atoms with E-state index in [-0.39, 0.29) is 6.42 Å². The van der Waals surface area contributed by atoms with Crippen LogP contribution >= 0.6 is 0 Å². The monoisotopic (exact) mass is 295 g/mol. The molecule has 0 amide bonds. The van der Waals surface area contributed by atoms with Crippen molar-refractivity contribution in [1.29, 1.82) is 0 Å². The molecule has 0 aromatic heterocycles. The van der Waals surface area contributed by atoms with Crippen molar-refractivity contribution >= 4 is 11.4 Å². The third kappa shape index (κ3) is 5.03. The molecule has 0 spiro atoms. The number of aryl methyl sites for hydroxylation is 1. The quantitative estimate of drug-likeness (QED) is 0.690. The van der Waals surface area contributed by atoms with Crippen molar-refractivity contribution < 1.29 is 13.2 Å². The molecule has 0 aliphatic carbocycles. The number of alkyl halides is 3. The first-order chi connectivity index (χ1) is 9.83. The molecule has 0 N–H and O–H groups in total. The van der Waals surface area contributed by atoms with Gasteiger partial charge in [-0.05, 0) is 37.7 Å². The van der Waals surface area contributed by atoms with Gasteiger partial charge >= 0.3 is 6.18 Å². The number of halogens is 3. The van der Waals surface area contributed by atoms with Gasteiger partial charge in [0.2, 0.25) is 0 Å². The summed E-state index contributed by atoms with van der Waals surface area (Å²) in [5.41, 5.74) is 3.97. The molecule has 1 aliphatic heterocycles. The fraction of sp³-hybridized carbons (Fsp3) is 0.471. The Labute approximate surface area is 123 Å². The predicted octanol–water partition coefficient (Wildman–Crippen LogP) is 5.55. The molecule has 114 valence electrons. The normalized spacial score (nSPS) is 19.2. The van der Waals surface area contributed by atoms with Crippen molar-refractivity contribution in [1.82, 2.24) is 0 Å². The maximum Gasteiger partial charge on any atom is 0.389 e. The van der Waals surface area contributed by atoms with Gasteiger partial charge in [-0.15, -0.1) is 0 Å². The van der Waals surface area contributed by atoms with Crippen LogP contribution in [0.4, 0.5) is 13.2 Å². The number of rotatable bonds is 4. The van der Waals surface area contributed by atoms with Crippen molar-refractivity contribution in [2.24, 2.45) is 10.9 Å². The van der Waals surface area contributed by atoms with Gasteiger partial charge in [-0.2, -0.15) is 13.2 Å². The number of aliphatic imine (C=N–C) groups is 1. The highest BCUT2D eigenvalue weighted by molar-refractivity contribution is 5.92. The molecule has 0 saturated heterocycles. The SMILES string of the molecule is Cc1ccc(C2=CC(C)CC(CCCC(F)(F)F)=N2)cc1. The number of benzene rings is 1. The molecule has 1 heterocycles. The van der Waals surface area contributed by atoms with Crippen LogP contribution in [0.15, 0.2) is 35.3 Å². The van der Waals surface area contributed by atoms with Gasteiger partial charge in [0.1, 0.15) is 0 Å². The fourth-order valence-corrected chi connectivity index (χ4v) is 2.49. The smallest absolute Gasteiger partial charge is 0.258 e. The molecule has 0 radical (unpaired) electrons. The summed E-state index contributed by atoms with van der Waals surface area (Å²) in [4.78, 5) is 4.56. The number of hydrogen-bond acceptors (Lipinski definition) is 1. The minimum absolute atomic E-state index is 0.121. The van der Waals surface area contributed by atoms with Crippen molar-refractivity contribution in [2.75, 3.05) is 0 Å². The van der Waals surface area contributed by atoms with E-state index in [0.29, 0.717) is 12.3 Å². The van der Waals surface area contributed by atoms with Crippen molar-refractivity contribution in [3.63, 3.8) is 0 Å². The van der Waals surface area contributed by atoms with Crippen molar-refractivity contribution in [2.45, 2.75) is 45.7 Å². The highest BCUT2D eigenvalue weighted by Gasteiger charge is 2.26. The topological polar surface area (TPSA) is 12.4 Å². The van der Waals surface area contributed by atoms with Gasteiger partial charge in [0.25, 0.3) is 0 Å². The summed E-state index contributed by atoms with van der Waals surface area (Å²) in [6.45, 7) is 4.10. The van der Waals surface area contributed by atoms with Crippen LogP contribution in [0.25, 0.3) is 5.70 Å². The lowest BCUT2D eigenvalue weighted by atomic mass is 9.94. The van der Waals surface area contributed by atoms with Gasteiger partial charge in [0, 0.05) is 12.1 Å². The van der Waals surface area contributed by atoms with Crippen LogP contribution < -0.4 is 0 Å². The first-order valence-electron chi connectivity index (χ1n) is 7.25. The maximum atomic E-state index is 12.2. The van der Waals surface area contributed by atoms with Gasteiger partial charge in [0.15, 0.2) is 0 Å². The van der Waals surface area contributed by atoms with E-state index < -0.39 is 12.6 Å². The molecule has 1 atom stereocenters. The average molecular weight is 295 g/mol. The lowest BCUT2D eigenvalue weighted by molar-refractivity contribution is -0.135. The Hall–Kier alpha value is -1.58. The largest absolute Gasteiger partial charge is 0.389 e. The van der Waals surface area contributed by atoms with Crippen LogP contribution in [-0.2, 0) is 0 Å². The third-order valence-electron chi connectivity index (χ3n) is 3.55. The van der Waals surface area contributed by atoms with Crippen molar-refractivity contribution in [3.05, 3.63) is 41.5 Å². The zero-order valence-corrected chi connectivity index (χ0v) is 12.4. The summed E-state index contributed by atoms with van der Waals surface area (Å²) < 4.78 is 36.6. The molecule has 21 heavy (non-hydrogen) atoms. The first kappa shape index (κ1) is 15.8. The fourth-order valence-electron chi connectivity index (χ4n) is 2.49. The Morgan fingerprint density at radius 2 is 1.86 bits per heavy atom. The second-order valence-electron chi connectivity index (χ2n) is 5.75. The summed E-state index contributed by atoms with van der Waals surface area (Å²) in [7, 11) is 0. The molecule has 2 rings (SSSR count). The Balaban J connectivity index is 2.06. The Kier molecular flexibility index (Phi) is 4.86. The number of nitrogens with zero attached hydrogens (tertiary/aromatic N) is 1. The molecular formula is C17H20F3N. The van der Waals surface area contributed by atoms with Crippen LogP contribution in [-0.4, -0.2) is 11.9 Å². The van der Waals surface area contributed by atoms with E-state index in [1.165, 1.54) is 5.56 Å². The summed E-state index contributed by atoms with van der Waals surface area (Å²) in [5.74, 6) is 0.319. The minimum atomic E-state index is -4.07. The van der Waals surface area contributed by atoms with E-state index in [4.69, 9.17) is 0 Å². The zero-order chi connectivity index (χ0) is 15.5. The zero-order valence-electron chi connectivity index (χ0n) is 12.4. The third-order valence-corrected chi connectivity index (χ3v) is 3.55. The highest BCUT2D eigenvalue weighted by Crippen LogP contribution is 2.28. The van der Waals surface area contributed by atoms with Gasteiger partial charge in [-0.3, -0.25) is 4.99 Å². The lowest BCUT2D eigenvalue weighted by Gasteiger charge is -2.18. The Morgan fingerprint density at radius 3 is 2.48 bits per heavy atom. The first-order valence-corrected chi connectivity index (χ1v) is 7.25. The summed E-state index contributed by atoms with van der Waals surface area (Å²) in [6.07, 6.45) is -1.41.